The molecule has 1 unspecified atom stereocenters. The number of carboxylic acid groups (broad SMARTS) is 1. The second kappa shape index (κ2) is 6.35. The average molecular weight is 293 g/mol. The van der Waals surface area contributed by atoms with Crippen molar-refractivity contribution < 1.29 is 19.4 Å². The number of rotatable bonds is 5. The number of hydrogen-bond donors (Lipinski definition) is 1. The molecular weight excluding hydrogens is 270 g/mol. The van der Waals surface area contributed by atoms with Crippen molar-refractivity contribution in [1.82, 2.24) is 4.90 Å². The Morgan fingerprint density at radius 3 is 2.43 bits per heavy atom. The Labute approximate surface area is 125 Å². The minimum Gasteiger partial charge on any atom is -0.497 e. The van der Waals surface area contributed by atoms with E-state index < -0.39 is 11.4 Å². The van der Waals surface area contributed by atoms with Gasteiger partial charge in [0.15, 0.2) is 0 Å². The molecule has 1 heterocycles. The zero-order valence-electron chi connectivity index (χ0n) is 12.9. The lowest BCUT2D eigenvalue weighted by Gasteiger charge is -2.37. The number of piperidine rings is 1. The molecular formula is C16H23NO4. The highest BCUT2D eigenvalue weighted by Crippen LogP contribution is 2.31. The molecule has 0 saturated carbocycles. The van der Waals surface area contributed by atoms with E-state index in [0.29, 0.717) is 13.1 Å². The summed E-state index contributed by atoms with van der Waals surface area (Å²) >= 11 is 0. The van der Waals surface area contributed by atoms with Gasteiger partial charge in [-0.25, -0.2) is 0 Å². The molecule has 1 fully saturated rings. The lowest BCUT2D eigenvalue weighted by atomic mass is 9.82. The zero-order chi connectivity index (χ0) is 15.5. The Balaban J connectivity index is 2.12. The quantitative estimate of drug-likeness (QED) is 0.903. The van der Waals surface area contributed by atoms with E-state index in [2.05, 4.69) is 4.90 Å². The van der Waals surface area contributed by atoms with Crippen LogP contribution in [0, 0.1) is 5.41 Å². The van der Waals surface area contributed by atoms with Crippen molar-refractivity contribution in [2.45, 2.75) is 26.3 Å². The van der Waals surface area contributed by atoms with Crippen LogP contribution in [0.15, 0.2) is 18.2 Å². The maximum Gasteiger partial charge on any atom is 0.310 e. The first-order valence-corrected chi connectivity index (χ1v) is 7.14. The van der Waals surface area contributed by atoms with Crippen molar-refractivity contribution in [3.05, 3.63) is 23.8 Å². The summed E-state index contributed by atoms with van der Waals surface area (Å²) in [4.78, 5) is 13.6. The second-order valence-corrected chi connectivity index (χ2v) is 5.90. The molecule has 2 rings (SSSR count). The summed E-state index contributed by atoms with van der Waals surface area (Å²) in [5, 5.41) is 9.38. The number of ether oxygens (including phenoxy) is 2. The summed E-state index contributed by atoms with van der Waals surface area (Å²) in [5.74, 6) is 0.792. The molecule has 0 bridgehead atoms. The third-order valence-corrected chi connectivity index (χ3v) is 4.11. The maximum absolute atomic E-state index is 11.4. The highest BCUT2D eigenvalue weighted by molar-refractivity contribution is 5.74. The minimum absolute atomic E-state index is 0.571. The number of methoxy groups -OCH3 is 2. The maximum atomic E-state index is 11.4. The predicted octanol–water partition coefficient (Wildman–Crippen LogP) is 2.39. The van der Waals surface area contributed by atoms with Gasteiger partial charge in [0.1, 0.15) is 11.5 Å². The van der Waals surface area contributed by atoms with Gasteiger partial charge in [0.25, 0.3) is 0 Å². The van der Waals surface area contributed by atoms with E-state index in [1.165, 1.54) is 0 Å². The molecule has 116 valence electrons. The SMILES string of the molecule is COc1cc(CN2CCCC(C)(C(=O)O)C2)cc(OC)c1. The average Bonchev–Trinajstić information content (AvgIpc) is 2.46. The number of hydrogen-bond acceptors (Lipinski definition) is 4. The molecule has 1 aliphatic rings. The van der Waals surface area contributed by atoms with Crippen LogP contribution in [-0.2, 0) is 11.3 Å². The van der Waals surface area contributed by atoms with Crippen LogP contribution in [0.2, 0.25) is 0 Å². The Bertz CT molecular complexity index is 495. The Morgan fingerprint density at radius 1 is 1.29 bits per heavy atom. The van der Waals surface area contributed by atoms with E-state index in [0.717, 1.165) is 36.4 Å². The van der Waals surface area contributed by atoms with E-state index in [9.17, 15) is 9.90 Å². The molecule has 1 atom stereocenters. The monoisotopic (exact) mass is 293 g/mol. The van der Waals surface area contributed by atoms with Gasteiger partial charge in [-0.3, -0.25) is 9.69 Å². The molecule has 1 aromatic rings. The highest BCUT2D eigenvalue weighted by Gasteiger charge is 2.37. The molecule has 0 aliphatic carbocycles. The molecule has 5 heteroatoms. The first kappa shape index (κ1) is 15.6. The fraction of sp³-hybridized carbons (Fsp3) is 0.562. The molecule has 0 aromatic heterocycles. The van der Waals surface area contributed by atoms with E-state index >= 15 is 0 Å². The van der Waals surface area contributed by atoms with Crippen LogP contribution < -0.4 is 9.47 Å². The van der Waals surface area contributed by atoms with E-state index in [4.69, 9.17) is 9.47 Å². The van der Waals surface area contributed by atoms with Gasteiger partial charge >= 0.3 is 5.97 Å². The summed E-state index contributed by atoms with van der Waals surface area (Å²) in [6, 6.07) is 5.77. The summed E-state index contributed by atoms with van der Waals surface area (Å²) in [5.41, 5.74) is 0.419. The first-order chi connectivity index (χ1) is 9.96. The number of aliphatic carboxylic acids is 1. The lowest BCUT2D eigenvalue weighted by Crippen LogP contribution is -2.45. The van der Waals surface area contributed by atoms with Crippen molar-refractivity contribution in [1.29, 1.82) is 0 Å². The van der Waals surface area contributed by atoms with Crippen LogP contribution in [0.3, 0.4) is 0 Å². The number of benzene rings is 1. The molecule has 1 N–H and O–H groups in total. The van der Waals surface area contributed by atoms with Crippen LogP contribution in [0.4, 0.5) is 0 Å². The third-order valence-electron chi connectivity index (χ3n) is 4.11. The summed E-state index contributed by atoms with van der Waals surface area (Å²) in [6.07, 6.45) is 1.64. The van der Waals surface area contributed by atoms with Gasteiger partial charge in [-0.05, 0) is 44.0 Å². The van der Waals surface area contributed by atoms with Crippen LogP contribution in [0.25, 0.3) is 0 Å². The van der Waals surface area contributed by atoms with Gasteiger partial charge in [-0.15, -0.1) is 0 Å². The van der Waals surface area contributed by atoms with Gasteiger partial charge in [-0.2, -0.15) is 0 Å². The summed E-state index contributed by atoms with van der Waals surface area (Å²) < 4.78 is 10.5. The van der Waals surface area contributed by atoms with Crippen molar-refractivity contribution >= 4 is 5.97 Å². The minimum atomic E-state index is -0.713. The Kier molecular flexibility index (Phi) is 4.73. The number of carbonyl (C=O) groups is 1. The summed E-state index contributed by atoms with van der Waals surface area (Å²) in [7, 11) is 3.25. The fourth-order valence-corrected chi connectivity index (χ4v) is 2.87. The third kappa shape index (κ3) is 3.67. The predicted molar refractivity (Wildman–Crippen MR) is 79.8 cm³/mol. The number of carboxylic acids is 1. The summed E-state index contributed by atoms with van der Waals surface area (Å²) in [6.45, 7) is 4.02. The van der Waals surface area contributed by atoms with Crippen molar-refractivity contribution in [2.75, 3.05) is 27.3 Å². The second-order valence-electron chi connectivity index (χ2n) is 5.90. The smallest absolute Gasteiger partial charge is 0.310 e. The fourth-order valence-electron chi connectivity index (χ4n) is 2.87. The normalized spacial score (nSPS) is 22.8. The van der Waals surface area contributed by atoms with Crippen molar-refractivity contribution in [2.24, 2.45) is 5.41 Å². The number of likely N-dealkylation sites (tertiary alicyclic amines) is 1. The standard InChI is InChI=1S/C16H23NO4/c1-16(15(18)19)5-4-6-17(11-16)10-12-7-13(20-2)9-14(8-12)21-3/h7-9H,4-6,10-11H2,1-3H3,(H,18,19). The van der Waals surface area contributed by atoms with Crippen molar-refractivity contribution in [3.63, 3.8) is 0 Å². The molecule has 0 spiro atoms. The molecule has 0 amide bonds. The van der Waals surface area contributed by atoms with E-state index in [1.54, 1.807) is 14.2 Å². The van der Waals surface area contributed by atoms with Gasteiger partial charge in [0.2, 0.25) is 0 Å². The van der Waals surface area contributed by atoms with E-state index in [-0.39, 0.29) is 0 Å². The Morgan fingerprint density at radius 2 is 1.90 bits per heavy atom. The van der Waals surface area contributed by atoms with Crippen LogP contribution in [0.1, 0.15) is 25.3 Å². The van der Waals surface area contributed by atoms with Gasteiger partial charge < -0.3 is 14.6 Å². The van der Waals surface area contributed by atoms with Crippen LogP contribution >= 0.6 is 0 Å². The first-order valence-electron chi connectivity index (χ1n) is 7.14. The Hall–Kier alpha value is -1.75. The topological polar surface area (TPSA) is 59.0 Å². The van der Waals surface area contributed by atoms with Crippen molar-refractivity contribution in [3.8, 4) is 11.5 Å². The molecule has 21 heavy (non-hydrogen) atoms. The molecule has 0 radical (unpaired) electrons. The van der Waals surface area contributed by atoms with Crippen LogP contribution in [-0.4, -0.2) is 43.3 Å². The number of nitrogens with zero attached hydrogens (tertiary/aromatic N) is 1. The lowest BCUT2D eigenvalue weighted by molar-refractivity contribution is -0.151. The van der Waals surface area contributed by atoms with Gasteiger partial charge in [0, 0.05) is 19.2 Å². The molecule has 1 saturated heterocycles. The zero-order valence-corrected chi connectivity index (χ0v) is 12.9. The van der Waals surface area contributed by atoms with Gasteiger partial charge in [-0.1, -0.05) is 0 Å². The van der Waals surface area contributed by atoms with E-state index in [1.807, 2.05) is 25.1 Å². The molecule has 5 nitrogen and oxygen atoms in total. The largest absolute Gasteiger partial charge is 0.497 e. The molecule has 1 aromatic carbocycles. The van der Waals surface area contributed by atoms with Crippen LogP contribution in [0.5, 0.6) is 11.5 Å². The van der Waals surface area contributed by atoms with Gasteiger partial charge in [0.05, 0.1) is 19.6 Å². The molecule has 1 aliphatic heterocycles. The highest BCUT2D eigenvalue weighted by atomic mass is 16.5.